The van der Waals surface area contributed by atoms with Gasteiger partial charge in [0.15, 0.2) is 0 Å². The second-order valence-electron chi connectivity index (χ2n) is 7.69. The first kappa shape index (κ1) is 22.3. The van der Waals surface area contributed by atoms with Gasteiger partial charge in [-0.15, -0.1) is 0 Å². The number of hydrogen-bond donors (Lipinski definition) is 0. The van der Waals surface area contributed by atoms with E-state index in [1.165, 1.54) is 37.3 Å². The van der Waals surface area contributed by atoms with Crippen LogP contribution >= 0.6 is 0 Å². The third-order valence-corrected chi connectivity index (χ3v) is 7.23. The molecule has 0 atom stereocenters. The van der Waals surface area contributed by atoms with Gasteiger partial charge in [0, 0.05) is 17.5 Å². The second kappa shape index (κ2) is 8.25. The molecular weight excluding hydrogens is 445 g/mol. The number of rotatable bonds is 5. The molecule has 2 aromatic carbocycles. The SMILES string of the molecule is Cc1c(OC(=O)C(F)(F)F)n(S(=O)(=O)c2ccccc2)c2cccc(CN3CCCC3)c12. The van der Waals surface area contributed by atoms with Crippen molar-refractivity contribution in [3.05, 3.63) is 59.7 Å². The van der Waals surface area contributed by atoms with Crippen LogP contribution in [0, 0.1) is 6.92 Å². The van der Waals surface area contributed by atoms with Gasteiger partial charge in [-0.1, -0.05) is 30.3 Å². The number of aryl methyl sites for hydroxylation is 1. The van der Waals surface area contributed by atoms with Crippen LogP contribution in [0.1, 0.15) is 24.0 Å². The zero-order valence-corrected chi connectivity index (χ0v) is 18.0. The Morgan fingerprint density at radius 1 is 1.03 bits per heavy atom. The smallest absolute Gasteiger partial charge is 0.401 e. The molecule has 0 bridgehead atoms. The van der Waals surface area contributed by atoms with Crippen molar-refractivity contribution in [1.29, 1.82) is 0 Å². The van der Waals surface area contributed by atoms with Crippen molar-refractivity contribution in [2.75, 3.05) is 13.1 Å². The predicted octanol–water partition coefficient (Wildman–Crippen LogP) is 4.25. The highest BCUT2D eigenvalue weighted by molar-refractivity contribution is 7.90. The number of aromatic nitrogens is 1. The Kier molecular flexibility index (Phi) is 5.76. The number of alkyl halides is 3. The number of esters is 1. The van der Waals surface area contributed by atoms with E-state index in [-0.39, 0.29) is 16.0 Å². The van der Waals surface area contributed by atoms with Crippen molar-refractivity contribution >= 4 is 26.9 Å². The molecule has 0 saturated carbocycles. The molecule has 0 N–H and O–H groups in total. The Hall–Kier alpha value is -2.85. The topological polar surface area (TPSA) is 68.6 Å². The molecule has 170 valence electrons. The molecule has 2 heterocycles. The van der Waals surface area contributed by atoms with Gasteiger partial charge in [0.1, 0.15) is 0 Å². The molecule has 3 aromatic rings. The lowest BCUT2D eigenvalue weighted by molar-refractivity contribution is -0.190. The minimum Gasteiger partial charge on any atom is -0.401 e. The number of carbonyl (C=O) groups excluding carboxylic acids is 1. The molecule has 0 amide bonds. The number of ether oxygens (including phenoxy) is 1. The zero-order chi connectivity index (χ0) is 23.1. The molecule has 0 unspecified atom stereocenters. The Labute approximate surface area is 183 Å². The number of benzene rings is 2. The van der Waals surface area contributed by atoms with Gasteiger partial charge < -0.3 is 4.74 Å². The minimum absolute atomic E-state index is 0.133. The fourth-order valence-corrected chi connectivity index (χ4v) is 5.59. The fourth-order valence-electron chi connectivity index (χ4n) is 4.07. The number of likely N-dealkylation sites (tertiary alicyclic amines) is 1. The fraction of sp³-hybridized carbons (Fsp3) is 0.318. The van der Waals surface area contributed by atoms with Gasteiger partial charge in [-0.3, -0.25) is 4.90 Å². The predicted molar refractivity (Wildman–Crippen MR) is 112 cm³/mol. The Morgan fingerprint density at radius 2 is 1.69 bits per heavy atom. The van der Waals surface area contributed by atoms with Gasteiger partial charge in [0.25, 0.3) is 10.0 Å². The van der Waals surface area contributed by atoms with Gasteiger partial charge in [-0.2, -0.15) is 13.2 Å². The van der Waals surface area contributed by atoms with Gasteiger partial charge in [-0.05, 0) is 56.6 Å². The van der Waals surface area contributed by atoms with E-state index in [0.717, 1.165) is 31.5 Å². The van der Waals surface area contributed by atoms with Crippen LogP contribution in [-0.4, -0.2) is 42.5 Å². The number of halogens is 3. The quantitative estimate of drug-likeness (QED) is 0.526. The summed E-state index contributed by atoms with van der Waals surface area (Å²) in [4.78, 5) is 13.7. The monoisotopic (exact) mass is 466 g/mol. The maximum atomic E-state index is 13.4. The van der Waals surface area contributed by atoms with E-state index in [1.54, 1.807) is 12.1 Å². The second-order valence-corrected chi connectivity index (χ2v) is 9.48. The summed E-state index contributed by atoms with van der Waals surface area (Å²) in [5.74, 6) is -3.13. The van der Waals surface area contributed by atoms with Crippen molar-refractivity contribution in [2.45, 2.75) is 37.4 Å². The summed E-state index contributed by atoms with van der Waals surface area (Å²) in [5, 5.41) is 0.462. The summed E-state index contributed by atoms with van der Waals surface area (Å²) in [7, 11) is -4.35. The van der Waals surface area contributed by atoms with Crippen molar-refractivity contribution < 1.29 is 31.1 Å². The molecule has 1 aromatic heterocycles. The third-order valence-electron chi connectivity index (χ3n) is 5.52. The summed E-state index contributed by atoms with van der Waals surface area (Å²) in [5.41, 5.74) is 1.08. The van der Waals surface area contributed by atoms with E-state index in [0.29, 0.717) is 15.9 Å². The van der Waals surface area contributed by atoms with Gasteiger partial charge in [0.05, 0.1) is 10.4 Å². The van der Waals surface area contributed by atoms with Crippen LogP contribution in [0.25, 0.3) is 10.9 Å². The molecule has 1 aliphatic rings. The molecule has 1 saturated heterocycles. The largest absolute Gasteiger partial charge is 0.491 e. The van der Waals surface area contributed by atoms with Gasteiger partial charge in [0.2, 0.25) is 5.88 Å². The van der Waals surface area contributed by atoms with Crippen LogP contribution < -0.4 is 4.74 Å². The normalized spacial score (nSPS) is 15.4. The number of fused-ring (bicyclic) bond motifs is 1. The van der Waals surface area contributed by atoms with Crippen molar-refractivity contribution in [3.8, 4) is 5.88 Å². The van der Waals surface area contributed by atoms with E-state index in [2.05, 4.69) is 9.64 Å². The lowest BCUT2D eigenvalue weighted by Crippen LogP contribution is -2.29. The summed E-state index contributed by atoms with van der Waals surface area (Å²) < 4.78 is 71.2. The van der Waals surface area contributed by atoms with Crippen LogP contribution in [-0.2, 0) is 21.4 Å². The molecule has 4 rings (SSSR count). The molecule has 6 nitrogen and oxygen atoms in total. The van der Waals surface area contributed by atoms with Crippen molar-refractivity contribution in [2.24, 2.45) is 0 Å². The van der Waals surface area contributed by atoms with E-state index < -0.39 is 28.0 Å². The van der Waals surface area contributed by atoms with Crippen LogP contribution in [0.4, 0.5) is 13.2 Å². The first-order chi connectivity index (χ1) is 15.1. The molecule has 10 heteroatoms. The van der Waals surface area contributed by atoms with E-state index in [9.17, 15) is 26.4 Å². The summed E-state index contributed by atoms with van der Waals surface area (Å²) in [6.07, 6.45) is -3.18. The van der Waals surface area contributed by atoms with Crippen LogP contribution in [0.5, 0.6) is 5.88 Å². The van der Waals surface area contributed by atoms with Crippen LogP contribution in [0.2, 0.25) is 0 Å². The summed E-state index contributed by atoms with van der Waals surface area (Å²) in [6, 6.07) is 12.3. The Balaban J connectivity index is 1.95. The average molecular weight is 466 g/mol. The van der Waals surface area contributed by atoms with Gasteiger partial charge >= 0.3 is 12.1 Å². The molecular formula is C22H21F3N2O4S. The standard InChI is InChI=1S/C22H21F3N2O4S/c1-15-19-16(14-26-12-5-6-13-26)8-7-11-18(19)27(20(15)31-21(28)22(23,24)25)32(29,30)17-9-3-2-4-10-17/h2-4,7-11H,5-6,12-14H2,1H3. The molecule has 1 fully saturated rings. The number of nitrogens with zero attached hydrogens (tertiary/aromatic N) is 2. The summed E-state index contributed by atoms with van der Waals surface area (Å²) in [6.45, 7) is 3.74. The van der Waals surface area contributed by atoms with E-state index in [4.69, 9.17) is 0 Å². The average Bonchev–Trinajstić information content (AvgIpc) is 3.35. The molecule has 1 aliphatic heterocycles. The van der Waals surface area contributed by atoms with Crippen LogP contribution in [0.15, 0.2) is 53.4 Å². The number of hydrogen-bond acceptors (Lipinski definition) is 5. The van der Waals surface area contributed by atoms with Crippen LogP contribution in [0.3, 0.4) is 0 Å². The Bertz CT molecular complexity index is 1260. The summed E-state index contributed by atoms with van der Waals surface area (Å²) >= 11 is 0. The van der Waals surface area contributed by atoms with E-state index >= 15 is 0 Å². The highest BCUT2D eigenvalue weighted by Crippen LogP contribution is 2.38. The van der Waals surface area contributed by atoms with E-state index in [1.807, 2.05) is 6.07 Å². The highest BCUT2D eigenvalue weighted by Gasteiger charge is 2.43. The van der Waals surface area contributed by atoms with Crippen molar-refractivity contribution in [3.63, 3.8) is 0 Å². The molecule has 0 spiro atoms. The minimum atomic E-state index is -5.28. The molecule has 0 aliphatic carbocycles. The third kappa shape index (κ3) is 4.00. The molecule has 0 radical (unpaired) electrons. The number of carbonyl (C=O) groups is 1. The first-order valence-corrected chi connectivity index (χ1v) is 11.5. The lowest BCUT2D eigenvalue weighted by atomic mass is 10.1. The van der Waals surface area contributed by atoms with Gasteiger partial charge in [-0.25, -0.2) is 17.2 Å². The zero-order valence-electron chi connectivity index (χ0n) is 17.2. The van der Waals surface area contributed by atoms with Crippen molar-refractivity contribution in [1.82, 2.24) is 8.87 Å². The maximum absolute atomic E-state index is 13.4. The highest BCUT2D eigenvalue weighted by atomic mass is 32.2. The lowest BCUT2D eigenvalue weighted by Gasteiger charge is -2.15. The molecule has 32 heavy (non-hydrogen) atoms. The maximum Gasteiger partial charge on any atom is 0.491 e. The first-order valence-electron chi connectivity index (χ1n) is 10.1. The Morgan fingerprint density at radius 3 is 2.31 bits per heavy atom.